The highest BCUT2D eigenvalue weighted by molar-refractivity contribution is 7.10. The fourth-order valence-electron chi connectivity index (χ4n) is 4.08. The van der Waals surface area contributed by atoms with Crippen LogP contribution in [0.5, 0.6) is 0 Å². The first-order valence-corrected chi connectivity index (χ1v) is 12.5. The smallest absolute Gasteiger partial charge is 0.242 e. The molecule has 1 atom stereocenters. The maximum atomic E-state index is 13.5. The normalized spacial score (nSPS) is 15.8. The number of amides is 2. The number of fused-ring (bicyclic) bond motifs is 1. The number of hydrogen-bond acceptors (Lipinski definition) is 3. The molecule has 3 rings (SSSR count). The zero-order valence-corrected chi connectivity index (χ0v) is 20.7. The Morgan fingerprint density at radius 1 is 1.23 bits per heavy atom. The van der Waals surface area contributed by atoms with Gasteiger partial charge in [-0.2, -0.15) is 0 Å². The molecule has 168 valence electrons. The zero-order valence-electron chi connectivity index (χ0n) is 18.4. The van der Waals surface area contributed by atoms with Crippen molar-refractivity contribution < 1.29 is 9.59 Å². The largest absolute Gasteiger partial charge is 0.333 e. The van der Waals surface area contributed by atoms with Crippen LogP contribution in [0.1, 0.15) is 62.1 Å². The summed E-state index contributed by atoms with van der Waals surface area (Å²) in [6, 6.07) is 7.25. The molecule has 1 unspecified atom stereocenters. The first kappa shape index (κ1) is 24.1. The number of nitrogens with zero attached hydrogens (tertiary/aromatic N) is 2. The molecule has 2 heterocycles. The maximum Gasteiger partial charge on any atom is 0.242 e. The van der Waals surface area contributed by atoms with E-state index in [1.807, 2.05) is 17.0 Å². The van der Waals surface area contributed by atoms with Gasteiger partial charge in [0.15, 0.2) is 0 Å². The van der Waals surface area contributed by atoms with Crippen molar-refractivity contribution in [2.75, 3.05) is 19.6 Å². The highest BCUT2D eigenvalue weighted by atomic mass is 35.5. The van der Waals surface area contributed by atoms with E-state index in [1.54, 1.807) is 22.3 Å². The molecular weight excluding hydrogens is 451 g/mol. The van der Waals surface area contributed by atoms with Crippen LogP contribution in [0, 0.1) is 5.92 Å². The number of rotatable bonds is 8. The molecule has 0 saturated heterocycles. The van der Waals surface area contributed by atoms with Gasteiger partial charge in [-0.15, -0.1) is 11.3 Å². The molecule has 0 saturated carbocycles. The molecule has 0 aliphatic carbocycles. The van der Waals surface area contributed by atoms with Gasteiger partial charge in [-0.3, -0.25) is 9.59 Å². The monoisotopic (exact) mass is 480 g/mol. The predicted molar refractivity (Wildman–Crippen MR) is 129 cm³/mol. The third-order valence-electron chi connectivity index (χ3n) is 5.55. The van der Waals surface area contributed by atoms with Gasteiger partial charge in [-0.25, -0.2) is 0 Å². The fourth-order valence-corrected chi connectivity index (χ4v) is 5.49. The summed E-state index contributed by atoms with van der Waals surface area (Å²) in [6.45, 7) is 7.49. The van der Waals surface area contributed by atoms with Crippen LogP contribution in [-0.2, 0) is 16.0 Å². The average Bonchev–Trinajstić information content (AvgIpc) is 3.19. The molecule has 7 heteroatoms. The van der Waals surface area contributed by atoms with Crippen LogP contribution in [0.25, 0.3) is 0 Å². The molecule has 0 radical (unpaired) electrons. The summed E-state index contributed by atoms with van der Waals surface area (Å²) in [4.78, 5) is 31.2. The first-order chi connectivity index (χ1) is 14.8. The summed E-state index contributed by atoms with van der Waals surface area (Å²) < 4.78 is 0. The van der Waals surface area contributed by atoms with E-state index >= 15 is 0 Å². The van der Waals surface area contributed by atoms with Crippen LogP contribution in [0.4, 0.5) is 0 Å². The van der Waals surface area contributed by atoms with Crippen LogP contribution in [0.15, 0.2) is 29.6 Å². The summed E-state index contributed by atoms with van der Waals surface area (Å²) in [7, 11) is 0. The molecule has 0 N–H and O–H groups in total. The molecule has 0 fully saturated rings. The van der Waals surface area contributed by atoms with E-state index in [9.17, 15) is 9.59 Å². The lowest BCUT2D eigenvalue weighted by Gasteiger charge is -2.38. The van der Waals surface area contributed by atoms with Crippen LogP contribution >= 0.6 is 34.5 Å². The Morgan fingerprint density at radius 2 is 2.00 bits per heavy atom. The number of halogens is 2. The van der Waals surface area contributed by atoms with Crippen molar-refractivity contribution in [3.63, 3.8) is 0 Å². The van der Waals surface area contributed by atoms with Gasteiger partial charge in [0, 0.05) is 34.4 Å². The van der Waals surface area contributed by atoms with E-state index in [-0.39, 0.29) is 24.4 Å². The molecule has 0 bridgehead atoms. The van der Waals surface area contributed by atoms with Crippen molar-refractivity contribution in [1.29, 1.82) is 0 Å². The van der Waals surface area contributed by atoms with Gasteiger partial charge in [-0.1, -0.05) is 56.5 Å². The van der Waals surface area contributed by atoms with Gasteiger partial charge in [0.2, 0.25) is 11.8 Å². The van der Waals surface area contributed by atoms with Crippen LogP contribution in [-0.4, -0.2) is 41.2 Å². The Labute approximate surface area is 199 Å². The molecule has 1 aliphatic heterocycles. The molecule has 31 heavy (non-hydrogen) atoms. The molecule has 4 nitrogen and oxygen atoms in total. The number of hydrogen-bond donors (Lipinski definition) is 0. The number of thiophene rings is 1. The highest BCUT2D eigenvalue weighted by Gasteiger charge is 2.35. The van der Waals surface area contributed by atoms with Crippen LogP contribution in [0.2, 0.25) is 10.0 Å². The number of carbonyl (C=O) groups is 2. The number of benzene rings is 1. The molecule has 2 aromatic rings. The maximum absolute atomic E-state index is 13.5. The van der Waals surface area contributed by atoms with Gasteiger partial charge in [0.25, 0.3) is 0 Å². The van der Waals surface area contributed by atoms with E-state index in [4.69, 9.17) is 23.2 Å². The van der Waals surface area contributed by atoms with E-state index in [1.165, 1.54) is 4.88 Å². The summed E-state index contributed by atoms with van der Waals surface area (Å²) in [5.74, 6) is 0.307. The van der Waals surface area contributed by atoms with Crippen molar-refractivity contribution in [1.82, 2.24) is 9.80 Å². The first-order valence-electron chi connectivity index (χ1n) is 10.9. The second-order valence-corrected chi connectivity index (χ2v) is 10.3. The van der Waals surface area contributed by atoms with Crippen molar-refractivity contribution in [3.8, 4) is 0 Å². The average molecular weight is 481 g/mol. The summed E-state index contributed by atoms with van der Waals surface area (Å²) in [5.41, 5.74) is 1.98. The van der Waals surface area contributed by atoms with E-state index < -0.39 is 0 Å². The SMILES string of the molecule is CCCCC(=O)N(CC(=O)N1CCc2sccc2C1c1ccc(Cl)cc1Cl)CC(C)C. The second-order valence-electron chi connectivity index (χ2n) is 8.48. The lowest BCUT2D eigenvalue weighted by atomic mass is 9.93. The molecule has 1 aliphatic rings. The van der Waals surface area contributed by atoms with Crippen molar-refractivity contribution in [2.24, 2.45) is 5.92 Å². The summed E-state index contributed by atoms with van der Waals surface area (Å²) in [6.07, 6.45) is 3.10. The van der Waals surface area contributed by atoms with Gasteiger partial charge in [-0.05, 0) is 53.5 Å². The number of carbonyl (C=O) groups excluding carboxylic acids is 2. The lowest BCUT2D eigenvalue weighted by molar-refractivity contribution is -0.142. The lowest BCUT2D eigenvalue weighted by Crippen LogP contribution is -2.47. The van der Waals surface area contributed by atoms with Gasteiger partial charge >= 0.3 is 0 Å². The van der Waals surface area contributed by atoms with Crippen LogP contribution in [0.3, 0.4) is 0 Å². The topological polar surface area (TPSA) is 40.6 Å². The van der Waals surface area contributed by atoms with Gasteiger partial charge in [0.05, 0.1) is 12.6 Å². The fraction of sp³-hybridized carbons (Fsp3) is 0.500. The Balaban J connectivity index is 1.89. The number of unbranched alkanes of at least 4 members (excludes halogenated alkanes) is 1. The Bertz CT molecular complexity index is 928. The minimum Gasteiger partial charge on any atom is -0.333 e. The molecular formula is C24H30Cl2N2O2S. The third-order valence-corrected chi connectivity index (χ3v) is 7.11. The summed E-state index contributed by atoms with van der Waals surface area (Å²) >= 11 is 14.4. The summed E-state index contributed by atoms with van der Waals surface area (Å²) in [5, 5.41) is 3.18. The van der Waals surface area contributed by atoms with Crippen molar-refractivity contribution in [2.45, 2.75) is 52.5 Å². The Hall–Kier alpha value is -1.56. The Morgan fingerprint density at radius 3 is 2.68 bits per heavy atom. The van der Waals surface area contributed by atoms with E-state index in [2.05, 4.69) is 32.2 Å². The van der Waals surface area contributed by atoms with Gasteiger partial charge < -0.3 is 9.80 Å². The molecule has 1 aromatic carbocycles. The standard InChI is InChI=1S/C24H30Cl2N2O2S/c1-4-5-6-22(29)27(14-16(2)3)15-23(30)28-11-9-21-19(10-12-31-21)24(28)18-8-7-17(25)13-20(18)26/h7-8,10,12-13,16,24H,4-6,9,11,14-15H2,1-3H3. The van der Waals surface area contributed by atoms with Gasteiger partial charge in [0.1, 0.15) is 0 Å². The molecule has 2 amide bonds. The van der Waals surface area contributed by atoms with Crippen molar-refractivity contribution in [3.05, 3.63) is 55.7 Å². The minimum absolute atomic E-state index is 0.0432. The second kappa shape index (κ2) is 10.8. The van der Waals surface area contributed by atoms with Crippen LogP contribution < -0.4 is 0 Å². The quantitative estimate of drug-likeness (QED) is 0.450. The third kappa shape index (κ3) is 5.82. The minimum atomic E-state index is -0.265. The van der Waals surface area contributed by atoms with E-state index in [0.717, 1.165) is 30.4 Å². The predicted octanol–water partition coefficient (Wildman–Crippen LogP) is 6.20. The molecule has 1 aromatic heterocycles. The Kier molecular flexibility index (Phi) is 8.43. The highest BCUT2D eigenvalue weighted by Crippen LogP contribution is 2.41. The molecule has 0 spiro atoms. The van der Waals surface area contributed by atoms with Crippen molar-refractivity contribution >= 4 is 46.4 Å². The zero-order chi connectivity index (χ0) is 22.5. The van der Waals surface area contributed by atoms with E-state index in [0.29, 0.717) is 35.5 Å².